The summed E-state index contributed by atoms with van der Waals surface area (Å²) < 4.78 is 0. The third-order valence-electron chi connectivity index (χ3n) is 1.83. The number of hydrogen-bond acceptors (Lipinski definition) is 1. The predicted octanol–water partition coefficient (Wildman–Crippen LogP) is 2.72. The van der Waals surface area contributed by atoms with E-state index in [0.717, 1.165) is 19.3 Å². The van der Waals surface area contributed by atoms with E-state index in [2.05, 4.69) is 0 Å². The van der Waals surface area contributed by atoms with E-state index < -0.39 is 4.84 Å². The van der Waals surface area contributed by atoms with Crippen molar-refractivity contribution in [3.8, 4) is 0 Å². The van der Waals surface area contributed by atoms with Crippen LogP contribution >= 0.6 is 23.2 Å². The number of alkyl halides is 2. The van der Waals surface area contributed by atoms with Crippen molar-refractivity contribution in [2.75, 3.05) is 0 Å². The van der Waals surface area contributed by atoms with Crippen molar-refractivity contribution < 1.29 is 4.79 Å². The number of rotatable bonds is 2. The molecular formula is C8H10Cl2O. The van der Waals surface area contributed by atoms with Crippen LogP contribution in [0.2, 0.25) is 0 Å². The summed E-state index contributed by atoms with van der Waals surface area (Å²) in [6.07, 6.45) is 6.95. The summed E-state index contributed by atoms with van der Waals surface area (Å²) in [5.41, 5.74) is 0. The number of halogens is 2. The van der Waals surface area contributed by atoms with Gasteiger partial charge in [-0.1, -0.05) is 35.4 Å². The summed E-state index contributed by atoms with van der Waals surface area (Å²) >= 11 is 10.9. The van der Waals surface area contributed by atoms with Crippen molar-refractivity contribution in [3.05, 3.63) is 12.2 Å². The lowest BCUT2D eigenvalue weighted by Crippen LogP contribution is -2.19. The molecule has 0 spiro atoms. The highest BCUT2D eigenvalue weighted by Crippen LogP contribution is 2.21. The minimum absolute atomic E-state index is 0.0382. The molecule has 1 unspecified atom stereocenters. The molecule has 1 rings (SSSR count). The Kier molecular flexibility index (Phi) is 3.41. The zero-order valence-corrected chi connectivity index (χ0v) is 7.61. The summed E-state index contributed by atoms with van der Waals surface area (Å²) in [5.74, 6) is -0.104. The van der Waals surface area contributed by atoms with Crippen molar-refractivity contribution in [2.45, 2.75) is 24.1 Å². The molecule has 3 heteroatoms. The van der Waals surface area contributed by atoms with Crippen LogP contribution in [0.4, 0.5) is 0 Å². The molecule has 0 saturated carbocycles. The van der Waals surface area contributed by atoms with Gasteiger partial charge in [0.25, 0.3) is 0 Å². The lowest BCUT2D eigenvalue weighted by molar-refractivity contribution is -0.120. The van der Waals surface area contributed by atoms with Crippen molar-refractivity contribution in [2.24, 2.45) is 5.92 Å². The monoisotopic (exact) mass is 192 g/mol. The van der Waals surface area contributed by atoms with Gasteiger partial charge in [-0.25, -0.2) is 0 Å². The number of carbonyl (C=O) groups is 1. The standard InChI is InChI=1S/C8H10Cl2O/c9-8(10)7(11)6-4-2-1-3-5-6/h2,4,6,8H,1,3,5H2. The van der Waals surface area contributed by atoms with Crippen LogP contribution in [-0.4, -0.2) is 10.6 Å². The normalized spacial score (nSPS) is 24.1. The molecule has 62 valence electrons. The Morgan fingerprint density at radius 1 is 1.55 bits per heavy atom. The quantitative estimate of drug-likeness (QED) is 0.486. The Labute approximate surface area is 76.4 Å². The van der Waals surface area contributed by atoms with Crippen molar-refractivity contribution in [1.29, 1.82) is 0 Å². The third kappa shape index (κ3) is 2.49. The topological polar surface area (TPSA) is 17.1 Å². The highest BCUT2D eigenvalue weighted by Gasteiger charge is 2.22. The first-order valence-electron chi connectivity index (χ1n) is 3.70. The highest BCUT2D eigenvalue weighted by atomic mass is 35.5. The number of carbonyl (C=O) groups excluding carboxylic acids is 1. The molecule has 0 amide bonds. The van der Waals surface area contributed by atoms with Crippen molar-refractivity contribution in [1.82, 2.24) is 0 Å². The Bertz CT molecular complexity index is 175. The number of ketones is 1. The molecule has 0 radical (unpaired) electrons. The molecule has 0 aromatic carbocycles. The average Bonchev–Trinajstić information content (AvgIpc) is 2.05. The van der Waals surface area contributed by atoms with Crippen LogP contribution in [0.3, 0.4) is 0 Å². The fourth-order valence-corrected chi connectivity index (χ4v) is 1.53. The average molecular weight is 193 g/mol. The molecule has 11 heavy (non-hydrogen) atoms. The first-order chi connectivity index (χ1) is 5.22. The Morgan fingerprint density at radius 2 is 2.27 bits per heavy atom. The van der Waals surface area contributed by atoms with E-state index in [9.17, 15) is 4.79 Å². The van der Waals surface area contributed by atoms with Crippen LogP contribution in [0.15, 0.2) is 12.2 Å². The highest BCUT2D eigenvalue weighted by molar-refractivity contribution is 6.54. The van der Waals surface area contributed by atoms with Gasteiger partial charge in [-0.05, 0) is 19.3 Å². The van der Waals surface area contributed by atoms with E-state index >= 15 is 0 Å². The first kappa shape index (κ1) is 9.08. The van der Waals surface area contributed by atoms with E-state index in [0.29, 0.717) is 0 Å². The van der Waals surface area contributed by atoms with Gasteiger partial charge in [-0.2, -0.15) is 0 Å². The Morgan fingerprint density at radius 3 is 2.73 bits per heavy atom. The zero-order chi connectivity index (χ0) is 8.27. The second kappa shape index (κ2) is 4.13. The maximum Gasteiger partial charge on any atom is 0.172 e. The molecule has 1 nitrogen and oxygen atoms in total. The Hall–Kier alpha value is -0.0100. The second-order valence-electron chi connectivity index (χ2n) is 2.67. The van der Waals surface area contributed by atoms with Gasteiger partial charge in [0.15, 0.2) is 10.6 Å². The predicted molar refractivity (Wildman–Crippen MR) is 47.0 cm³/mol. The molecule has 0 heterocycles. The SMILES string of the molecule is O=C(C(Cl)Cl)C1C=CCCC1. The minimum Gasteiger partial charge on any atom is -0.296 e. The van der Waals surface area contributed by atoms with Crippen molar-refractivity contribution in [3.63, 3.8) is 0 Å². The molecular weight excluding hydrogens is 183 g/mol. The zero-order valence-electron chi connectivity index (χ0n) is 6.09. The minimum atomic E-state index is -0.859. The Balaban J connectivity index is 2.52. The molecule has 1 aliphatic rings. The van der Waals surface area contributed by atoms with Crippen LogP contribution in [0.1, 0.15) is 19.3 Å². The van der Waals surface area contributed by atoms with Gasteiger partial charge in [0.1, 0.15) is 0 Å². The summed E-state index contributed by atoms with van der Waals surface area (Å²) in [7, 11) is 0. The van der Waals surface area contributed by atoms with Crippen LogP contribution in [0.5, 0.6) is 0 Å². The lowest BCUT2D eigenvalue weighted by atomic mass is 9.93. The van der Waals surface area contributed by atoms with Crippen LogP contribution in [0.25, 0.3) is 0 Å². The summed E-state index contributed by atoms with van der Waals surface area (Å²) in [6.45, 7) is 0. The van der Waals surface area contributed by atoms with Gasteiger partial charge in [0, 0.05) is 5.92 Å². The van der Waals surface area contributed by atoms with E-state index in [1.165, 1.54) is 0 Å². The molecule has 0 aromatic rings. The number of hydrogen-bond donors (Lipinski definition) is 0. The van der Waals surface area contributed by atoms with E-state index in [1.54, 1.807) is 0 Å². The van der Waals surface area contributed by atoms with Gasteiger partial charge in [0.2, 0.25) is 0 Å². The first-order valence-corrected chi connectivity index (χ1v) is 4.57. The summed E-state index contributed by atoms with van der Waals surface area (Å²) in [5, 5.41) is 0. The number of allylic oxidation sites excluding steroid dienone is 2. The van der Waals surface area contributed by atoms with Gasteiger partial charge < -0.3 is 0 Å². The third-order valence-corrected chi connectivity index (χ3v) is 2.26. The van der Waals surface area contributed by atoms with Crippen LogP contribution in [0, 0.1) is 5.92 Å². The van der Waals surface area contributed by atoms with E-state index in [1.807, 2.05) is 12.2 Å². The molecule has 0 fully saturated rings. The van der Waals surface area contributed by atoms with Crippen LogP contribution in [-0.2, 0) is 4.79 Å². The lowest BCUT2D eigenvalue weighted by Gasteiger charge is -2.14. The fourth-order valence-electron chi connectivity index (χ4n) is 1.21. The second-order valence-corrected chi connectivity index (χ2v) is 3.76. The van der Waals surface area contributed by atoms with E-state index in [-0.39, 0.29) is 11.7 Å². The molecule has 0 N–H and O–H groups in total. The fraction of sp³-hybridized carbons (Fsp3) is 0.625. The van der Waals surface area contributed by atoms with Gasteiger partial charge in [-0.15, -0.1) is 0 Å². The number of Topliss-reactive ketones (excluding diaryl/α,β-unsaturated/α-hetero) is 1. The molecule has 1 aliphatic carbocycles. The molecule has 0 aliphatic heterocycles. The van der Waals surface area contributed by atoms with Gasteiger partial charge in [-0.3, -0.25) is 4.79 Å². The van der Waals surface area contributed by atoms with E-state index in [4.69, 9.17) is 23.2 Å². The molecule has 0 saturated heterocycles. The molecule has 0 aromatic heterocycles. The smallest absolute Gasteiger partial charge is 0.172 e. The van der Waals surface area contributed by atoms with Gasteiger partial charge in [0.05, 0.1) is 0 Å². The van der Waals surface area contributed by atoms with Crippen LogP contribution < -0.4 is 0 Å². The summed E-state index contributed by atoms with van der Waals surface area (Å²) in [6, 6.07) is 0. The van der Waals surface area contributed by atoms with Crippen molar-refractivity contribution >= 4 is 29.0 Å². The molecule has 1 atom stereocenters. The largest absolute Gasteiger partial charge is 0.296 e. The maximum atomic E-state index is 11.2. The summed E-state index contributed by atoms with van der Waals surface area (Å²) in [4.78, 5) is 10.3. The maximum absolute atomic E-state index is 11.2. The molecule has 0 bridgehead atoms. The van der Waals surface area contributed by atoms with Gasteiger partial charge >= 0.3 is 0 Å².